The van der Waals surface area contributed by atoms with Crippen LogP contribution in [-0.2, 0) is 11.3 Å². The number of nitrogens with zero attached hydrogens (tertiary/aromatic N) is 3. The van der Waals surface area contributed by atoms with E-state index in [4.69, 9.17) is 0 Å². The summed E-state index contributed by atoms with van der Waals surface area (Å²) in [7, 11) is 0. The highest BCUT2D eigenvalue weighted by Crippen LogP contribution is 2.42. The number of carbonyl (C=O) groups excluding carboxylic acids is 1. The Hall–Kier alpha value is -2.27. The van der Waals surface area contributed by atoms with Gasteiger partial charge in [-0.2, -0.15) is 0 Å². The monoisotopic (exact) mass is 367 g/mol. The third-order valence-electron chi connectivity index (χ3n) is 6.02. The minimum absolute atomic E-state index is 0.216. The van der Waals surface area contributed by atoms with E-state index in [-0.39, 0.29) is 17.1 Å². The van der Waals surface area contributed by atoms with Gasteiger partial charge in [0.2, 0.25) is 5.91 Å². The van der Waals surface area contributed by atoms with Crippen LogP contribution < -0.4 is 4.90 Å². The molecule has 4 rings (SSSR count). The number of likely N-dealkylation sites (tertiary alicyclic amines) is 1. The van der Waals surface area contributed by atoms with E-state index in [2.05, 4.69) is 16.0 Å². The number of anilines is 1. The number of piperidine rings is 2. The fourth-order valence-electron chi connectivity index (χ4n) is 4.46. The summed E-state index contributed by atoms with van der Waals surface area (Å²) in [5.74, 6) is -0.0512. The summed E-state index contributed by atoms with van der Waals surface area (Å²) in [5, 5.41) is 0. The van der Waals surface area contributed by atoms with Crippen LogP contribution in [0.1, 0.15) is 37.1 Å². The molecule has 1 amide bonds. The predicted octanol–water partition coefficient (Wildman–Crippen LogP) is 3.94. The van der Waals surface area contributed by atoms with E-state index in [1.165, 1.54) is 12.1 Å². The second-order valence-electron chi connectivity index (χ2n) is 7.86. The third-order valence-corrected chi connectivity index (χ3v) is 6.02. The zero-order chi connectivity index (χ0) is 18.9. The van der Waals surface area contributed by atoms with E-state index in [9.17, 15) is 9.18 Å². The summed E-state index contributed by atoms with van der Waals surface area (Å²) in [4.78, 5) is 22.2. The fraction of sp³-hybridized carbons (Fsp3) is 0.455. The molecule has 0 atom stereocenters. The lowest BCUT2D eigenvalue weighted by Gasteiger charge is -2.46. The Balaban J connectivity index is 1.43. The van der Waals surface area contributed by atoms with Crippen LogP contribution in [0.3, 0.4) is 0 Å². The molecule has 2 fully saturated rings. The smallest absolute Gasteiger partial charge is 0.233 e. The van der Waals surface area contributed by atoms with Crippen molar-refractivity contribution < 1.29 is 9.18 Å². The van der Waals surface area contributed by atoms with Gasteiger partial charge in [0.25, 0.3) is 0 Å². The number of benzene rings is 1. The number of hydrogen-bond acceptors (Lipinski definition) is 3. The van der Waals surface area contributed by atoms with Crippen molar-refractivity contribution in [3.63, 3.8) is 0 Å². The van der Waals surface area contributed by atoms with E-state index in [0.29, 0.717) is 0 Å². The van der Waals surface area contributed by atoms with E-state index < -0.39 is 0 Å². The summed E-state index contributed by atoms with van der Waals surface area (Å²) in [6.45, 7) is 5.41. The largest absolute Gasteiger partial charge is 0.312 e. The molecular weight excluding hydrogens is 341 g/mol. The molecule has 2 aliphatic rings. The second-order valence-corrected chi connectivity index (χ2v) is 7.86. The Labute approximate surface area is 160 Å². The Morgan fingerprint density at radius 2 is 1.78 bits per heavy atom. The van der Waals surface area contributed by atoms with Gasteiger partial charge in [-0.25, -0.2) is 4.39 Å². The molecule has 0 N–H and O–H groups in total. The summed E-state index contributed by atoms with van der Waals surface area (Å²) in [6, 6.07) is 12.4. The average Bonchev–Trinajstić information content (AvgIpc) is 2.67. The number of aryl methyl sites for hydroxylation is 1. The molecule has 142 valence electrons. The van der Waals surface area contributed by atoms with E-state index in [1.807, 2.05) is 24.0 Å². The highest BCUT2D eigenvalue weighted by atomic mass is 19.1. The van der Waals surface area contributed by atoms with Gasteiger partial charge in [0.1, 0.15) is 5.82 Å². The summed E-state index contributed by atoms with van der Waals surface area (Å²) >= 11 is 0. The van der Waals surface area contributed by atoms with Gasteiger partial charge in [0.05, 0.1) is 11.1 Å². The minimum atomic E-state index is -0.268. The molecule has 2 saturated heterocycles. The molecule has 2 aromatic rings. The molecule has 3 heterocycles. The Bertz CT molecular complexity index is 813. The van der Waals surface area contributed by atoms with Crippen LogP contribution in [0.4, 0.5) is 10.1 Å². The van der Waals surface area contributed by atoms with Crippen molar-refractivity contribution in [2.45, 2.75) is 39.2 Å². The van der Waals surface area contributed by atoms with Crippen LogP contribution in [0.25, 0.3) is 0 Å². The number of rotatable bonds is 3. The molecule has 0 bridgehead atoms. The lowest BCUT2D eigenvalue weighted by Crippen LogP contribution is -2.53. The molecule has 0 unspecified atom stereocenters. The maximum absolute atomic E-state index is 13.3. The maximum Gasteiger partial charge on any atom is 0.233 e. The number of halogens is 1. The van der Waals surface area contributed by atoms with Gasteiger partial charge >= 0.3 is 0 Å². The van der Waals surface area contributed by atoms with E-state index in [1.54, 1.807) is 12.1 Å². The third kappa shape index (κ3) is 3.74. The standard InChI is InChI=1S/C22H26FN3O/c1-17-4-2-5-19(24-17)16-25-14-11-22(12-15-25)10-3-13-26(21(22)27)20-8-6-18(23)7-9-20/h2,4-9H,3,10-16H2,1H3. The van der Waals surface area contributed by atoms with Gasteiger partial charge in [-0.15, -0.1) is 0 Å². The Morgan fingerprint density at radius 3 is 2.48 bits per heavy atom. The van der Waals surface area contributed by atoms with Crippen molar-refractivity contribution in [3.8, 4) is 0 Å². The van der Waals surface area contributed by atoms with Crippen molar-refractivity contribution in [2.75, 3.05) is 24.5 Å². The highest BCUT2D eigenvalue weighted by molar-refractivity contribution is 5.98. The van der Waals surface area contributed by atoms with Crippen LogP contribution in [0.15, 0.2) is 42.5 Å². The van der Waals surface area contributed by atoms with Gasteiger partial charge in [-0.3, -0.25) is 14.7 Å². The quantitative estimate of drug-likeness (QED) is 0.824. The summed E-state index contributed by atoms with van der Waals surface area (Å²) in [5.41, 5.74) is 2.68. The number of pyridine rings is 1. The van der Waals surface area contributed by atoms with Gasteiger partial charge in [0.15, 0.2) is 0 Å². The molecule has 4 nitrogen and oxygen atoms in total. The molecule has 5 heteroatoms. The lowest BCUT2D eigenvalue weighted by molar-refractivity contribution is -0.133. The number of hydrogen-bond donors (Lipinski definition) is 0. The molecular formula is C22H26FN3O. The highest BCUT2D eigenvalue weighted by Gasteiger charge is 2.45. The zero-order valence-corrected chi connectivity index (χ0v) is 15.8. The first-order valence-electron chi connectivity index (χ1n) is 9.78. The normalized spacial score (nSPS) is 20.2. The van der Waals surface area contributed by atoms with Gasteiger partial charge < -0.3 is 4.90 Å². The minimum Gasteiger partial charge on any atom is -0.312 e. The van der Waals surface area contributed by atoms with Crippen LogP contribution in [0.2, 0.25) is 0 Å². The first-order chi connectivity index (χ1) is 13.1. The summed E-state index contributed by atoms with van der Waals surface area (Å²) < 4.78 is 13.2. The number of carbonyl (C=O) groups is 1. The average molecular weight is 367 g/mol. The predicted molar refractivity (Wildman–Crippen MR) is 104 cm³/mol. The number of aromatic nitrogens is 1. The van der Waals surface area contributed by atoms with Gasteiger partial charge in [-0.1, -0.05) is 6.07 Å². The molecule has 27 heavy (non-hydrogen) atoms. The van der Waals surface area contributed by atoms with Crippen LogP contribution in [0.5, 0.6) is 0 Å². The second kappa shape index (κ2) is 7.39. The molecule has 2 aliphatic heterocycles. The topological polar surface area (TPSA) is 36.4 Å². The van der Waals surface area contributed by atoms with Crippen molar-refractivity contribution in [3.05, 3.63) is 59.7 Å². The SMILES string of the molecule is Cc1cccc(CN2CCC3(CCCN(c4ccc(F)cc4)C3=O)CC2)n1. The molecule has 1 aromatic carbocycles. The molecule has 0 saturated carbocycles. The van der Waals surface area contributed by atoms with Crippen LogP contribution >= 0.6 is 0 Å². The van der Waals surface area contributed by atoms with Crippen molar-refractivity contribution in [1.29, 1.82) is 0 Å². The fourth-order valence-corrected chi connectivity index (χ4v) is 4.46. The van der Waals surface area contributed by atoms with E-state index in [0.717, 1.165) is 68.9 Å². The van der Waals surface area contributed by atoms with Crippen LogP contribution in [-0.4, -0.2) is 35.4 Å². The van der Waals surface area contributed by atoms with Crippen molar-refractivity contribution >= 4 is 11.6 Å². The first-order valence-corrected chi connectivity index (χ1v) is 9.78. The van der Waals surface area contributed by atoms with Crippen molar-refractivity contribution in [1.82, 2.24) is 9.88 Å². The summed E-state index contributed by atoms with van der Waals surface area (Å²) in [6.07, 6.45) is 3.73. The van der Waals surface area contributed by atoms with Gasteiger partial charge in [0, 0.05) is 24.5 Å². The molecule has 1 spiro atoms. The first kappa shape index (κ1) is 18.1. The van der Waals surface area contributed by atoms with Gasteiger partial charge in [-0.05, 0) is 82.1 Å². The van der Waals surface area contributed by atoms with Crippen molar-refractivity contribution in [2.24, 2.45) is 5.41 Å². The number of amides is 1. The van der Waals surface area contributed by atoms with Crippen LogP contribution in [0, 0.1) is 18.2 Å². The zero-order valence-electron chi connectivity index (χ0n) is 15.8. The molecule has 1 aromatic heterocycles. The lowest BCUT2D eigenvalue weighted by atomic mass is 9.71. The maximum atomic E-state index is 13.3. The Morgan fingerprint density at radius 1 is 1.04 bits per heavy atom. The molecule has 0 radical (unpaired) electrons. The Kier molecular flexibility index (Phi) is 4.96. The van der Waals surface area contributed by atoms with E-state index >= 15 is 0 Å². The molecule has 0 aliphatic carbocycles.